The topological polar surface area (TPSA) is 53.5 Å². The van der Waals surface area contributed by atoms with E-state index in [9.17, 15) is 9.59 Å². The molecule has 0 N–H and O–H groups in total. The van der Waals surface area contributed by atoms with Gasteiger partial charge in [0.05, 0.1) is 0 Å². The number of carbonyl (C=O) groups excluding carboxylic acids is 2. The van der Waals surface area contributed by atoms with Gasteiger partial charge in [0, 0.05) is 53.1 Å². The molecular weight excluding hydrogens is 422 g/mol. The Morgan fingerprint density at radius 1 is 0.969 bits per heavy atom. The van der Waals surface area contributed by atoms with E-state index in [1.165, 1.54) is 0 Å². The molecule has 32 heavy (non-hydrogen) atoms. The molecule has 2 aromatic carbocycles. The fraction of sp³-hybridized carbons (Fsp3) is 0.269. The normalized spacial score (nSPS) is 19.2. The molecule has 5 nitrogen and oxygen atoms in total. The summed E-state index contributed by atoms with van der Waals surface area (Å²) in [4.78, 5) is 34.9. The summed E-state index contributed by atoms with van der Waals surface area (Å²) in [7, 11) is 0. The first-order chi connectivity index (χ1) is 15.6. The molecular formula is C26H24ClN3O2. The Hall–Kier alpha value is -3.18. The first-order valence-corrected chi connectivity index (χ1v) is 11.4. The lowest BCUT2D eigenvalue weighted by Gasteiger charge is -2.40. The van der Waals surface area contributed by atoms with E-state index < -0.39 is 5.66 Å². The van der Waals surface area contributed by atoms with Crippen LogP contribution < -0.4 is 0 Å². The Morgan fingerprint density at radius 3 is 2.53 bits per heavy atom. The molecule has 2 aliphatic heterocycles. The maximum atomic E-state index is 13.5. The molecule has 3 heterocycles. The van der Waals surface area contributed by atoms with Crippen molar-refractivity contribution in [2.45, 2.75) is 31.3 Å². The molecule has 0 saturated carbocycles. The van der Waals surface area contributed by atoms with E-state index in [4.69, 9.17) is 11.6 Å². The van der Waals surface area contributed by atoms with Crippen LogP contribution in [0.25, 0.3) is 0 Å². The Labute approximate surface area is 192 Å². The second kappa shape index (κ2) is 8.40. The zero-order chi connectivity index (χ0) is 22.1. The van der Waals surface area contributed by atoms with Gasteiger partial charge >= 0.3 is 0 Å². The molecule has 1 atom stereocenters. The van der Waals surface area contributed by atoms with Gasteiger partial charge in [0.25, 0.3) is 5.91 Å². The summed E-state index contributed by atoms with van der Waals surface area (Å²) in [6.07, 6.45) is 4.75. The third kappa shape index (κ3) is 3.28. The predicted octanol–water partition coefficient (Wildman–Crippen LogP) is 4.65. The smallest absolute Gasteiger partial charge is 0.256 e. The SMILES string of the molecule is O=C(CCCCc1ccccn1)N1CCN2C(=O)c3ccccc3C12c1ccc(Cl)cc1. The van der Waals surface area contributed by atoms with Crippen LogP contribution in [0.3, 0.4) is 0 Å². The molecule has 3 aromatic rings. The van der Waals surface area contributed by atoms with Crippen LogP contribution in [0.15, 0.2) is 72.9 Å². The average molecular weight is 446 g/mol. The molecule has 6 heteroatoms. The monoisotopic (exact) mass is 445 g/mol. The second-order valence-electron chi connectivity index (χ2n) is 8.26. The maximum absolute atomic E-state index is 13.5. The number of benzene rings is 2. The van der Waals surface area contributed by atoms with Crippen LogP contribution in [-0.4, -0.2) is 39.7 Å². The average Bonchev–Trinajstić information content (AvgIpc) is 3.33. The molecule has 1 saturated heterocycles. The number of unbranched alkanes of at least 4 members (excludes halogenated alkanes) is 1. The van der Waals surface area contributed by atoms with Crippen molar-refractivity contribution in [2.75, 3.05) is 13.1 Å². The minimum Gasteiger partial charge on any atom is -0.310 e. The molecule has 1 aromatic heterocycles. The van der Waals surface area contributed by atoms with Crippen molar-refractivity contribution in [3.63, 3.8) is 0 Å². The number of fused-ring (bicyclic) bond motifs is 3. The van der Waals surface area contributed by atoms with E-state index in [1.807, 2.05) is 76.5 Å². The van der Waals surface area contributed by atoms with Crippen molar-refractivity contribution in [3.8, 4) is 0 Å². The van der Waals surface area contributed by atoms with Gasteiger partial charge in [0.1, 0.15) is 0 Å². The molecule has 2 amide bonds. The summed E-state index contributed by atoms with van der Waals surface area (Å²) in [5, 5.41) is 0.625. The molecule has 0 radical (unpaired) electrons. The van der Waals surface area contributed by atoms with Gasteiger partial charge < -0.3 is 9.80 Å². The number of hydrogen-bond acceptors (Lipinski definition) is 3. The van der Waals surface area contributed by atoms with E-state index in [1.54, 1.807) is 6.20 Å². The van der Waals surface area contributed by atoms with Gasteiger partial charge in [0.15, 0.2) is 5.66 Å². The first kappa shape index (κ1) is 20.7. The molecule has 1 fully saturated rings. The molecule has 5 rings (SSSR count). The summed E-state index contributed by atoms with van der Waals surface area (Å²) in [5.74, 6) is 0.0361. The standard InChI is InChI=1S/C26H24ClN3O2/c27-20-14-12-19(13-15-20)26-23-10-3-2-9-22(23)25(32)30(26)18-17-29(26)24(31)11-4-1-7-21-8-5-6-16-28-21/h2-3,5-6,8-10,12-16H,1,4,7,11,17-18H2. The summed E-state index contributed by atoms with van der Waals surface area (Å²) in [5.41, 5.74) is 2.55. The molecule has 0 bridgehead atoms. The van der Waals surface area contributed by atoms with Gasteiger partial charge in [-0.25, -0.2) is 0 Å². The van der Waals surface area contributed by atoms with Crippen molar-refractivity contribution < 1.29 is 9.59 Å². The van der Waals surface area contributed by atoms with Crippen molar-refractivity contribution >= 4 is 23.4 Å². The highest BCUT2D eigenvalue weighted by Crippen LogP contribution is 2.49. The number of amides is 2. The van der Waals surface area contributed by atoms with Crippen LogP contribution in [0.2, 0.25) is 5.02 Å². The number of aromatic nitrogens is 1. The quantitative estimate of drug-likeness (QED) is 0.519. The highest BCUT2D eigenvalue weighted by molar-refractivity contribution is 6.30. The Bertz CT molecular complexity index is 1150. The van der Waals surface area contributed by atoms with Crippen molar-refractivity contribution in [2.24, 2.45) is 0 Å². The van der Waals surface area contributed by atoms with Crippen LogP contribution in [-0.2, 0) is 16.9 Å². The van der Waals surface area contributed by atoms with Gasteiger partial charge in [0.2, 0.25) is 5.91 Å². The maximum Gasteiger partial charge on any atom is 0.256 e. The Balaban J connectivity index is 1.43. The molecule has 2 aliphatic rings. The summed E-state index contributed by atoms with van der Waals surface area (Å²) in [6, 6.07) is 21.0. The van der Waals surface area contributed by atoms with E-state index in [0.717, 1.165) is 36.1 Å². The number of aryl methyl sites for hydroxylation is 1. The van der Waals surface area contributed by atoms with Crippen LogP contribution in [0.1, 0.15) is 46.4 Å². The van der Waals surface area contributed by atoms with Crippen molar-refractivity contribution in [1.29, 1.82) is 0 Å². The number of nitrogens with zero attached hydrogens (tertiary/aromatic N) is 3. The third-order valence-corrected chi connectivity index (χ3v) is 6.71. The van der Waals surface area contributed by atoms with Crippen molar-refractivity contribution in [3.05, 3.63) is 100 Å². The lowest BCUT2D eigenvalue weighted by Crippen LogP contribution is -2.51. The zero-order valence-corrected chi connectivity index (χ0v) is 18.5. The number of hydrogen-bond donors (Lipinski definition) is 0. The largest absolute Gasteiger partial charge is 0.310 e. The first-order valence-electron chi connectivity index (χ1n) is 11.0. The van der Waals surface area contributed by atoms with E-state index in [-0.39, 0.29) is 11.8 Å². The fourth-order valence-corrected chi connectivity index (χ4v) is 5.17. The number of halogens is 1. The van der Waals surface area contributed by atoms with Gasteiger partial charge in [-0.05, 0) is 49.6 Å². The highest BCUT2D eigenvalue weighted by Gasteiger charge is 2.59. The third-order valence-electron chi connectivity index (χ3n) is 6.45. The van der Waals surface area contributed by atoms with Crippen molar-refractivity contribution in [1.82, 2.24) is 14.8 Å². The molecule has 0 aliphatic carbocycles. The summed E-state index contributed by atoms with van der Waals surface area (Å²) in [6.45, 7) is 1.03. The summed E-state index contributed by atoms with van der Waals surface area (Å²) < 4.78 is 0. The molecule has 0 spiro atoms. The summed E-state index contributed by atoms with van der Waals surface area (Å²) >= 11 is 6.16. The van der Waals surface area contributed by atoms with Crippen LogP contribution in [0, 0.1) is 0 Å². The lowest BCUT2D eigenvalue weighted by atomic mass is 9.89. The van der Waals surface area contributed by atoms with Crippen LogP contribution >= 0.6 is 11.6 Å². The van der Waals surface area contributed by atoms with E-state index in [2.05, 4.69) is 4.98 Å². The lowest BCUT2D eigenvalue weighted by molar-refractivity contribution is -0.136. The minimum absolute atomic E-state index is 0.0269. The van der Waals surface area contributed by atoms with Gasteiger partial charge in [-0.1, -0.05) is 48.0 Å². The zero-order valence-electron chi connectivity index (χ0n) is 17.7. The fourth-order valence-electron chi connectivity index (χ4n) is 5.05. The number of pyridine rings is 1. The van der Waals surface area contributed by atoms with Gasteiger partial charge in [-0.3, -0.25) is 14.6 Å². The van der Waals surface area contributed by atoms with Gasteiger partial charge in [-0.2, -0.15) is 0 Å². The number of rotatable bonds is 6. The second-order valence-corrected chi connectivity index (χ2v) is 8.69. The minimum atomic E-state index is -0.906. The highest BCUT2D eigenvalue weighted by atomic mass is 35.5. The van der Waals surface area contributed by atoms with E-state index in [0.29, 0.717) is 30.1 Å². The predicted molar refractivity (Wildman–Crippen MR) is 123 cm³/mol. The van der Waals surface area contributed by atoms with Gasteiger partial charge in [-0.15, -0.1) is 0 Å². The molecule has 1 unspecified atom stereocenters. The number of carbonyl (C=O) groups is 2. The van der Waals surface area contributed by atoms with Crippen LogP contribution in [0.5, 0.6) is 0 Å². The Morgan fingerprint density at radius 2 is 1.75 bits per heavy atom. The van der Waals surface area contributed by atoms with Crippen LogP contribution in [0.4, 0.5) is 0 Å². The Kier molecular flexibility index (Phi) is 5.43. The van der Waals surface area contributed by atoms with E-state index >= 15 is 0 Å². The molecule has 162 valence electrons.